The monoisotopic (exact) mass is 355 g/mol. The Kier molecular flexibility index (Phi) is 5.71. The topological polar surface area (TPSA) is 63.1 Å². The van der Waals surface area contributed by atoms with Crippen LogP contribution < -0.4 is 5.32 Å². The van der Waals surface area contributed by atoms with Gasteiger partial charge in [-0.05, 0) is 49.9 Å². The van der Waals surface area contributed by atoms with Crippen molar-refractivity contribution in [2.45, 2.75) is 52.1 Å². The van der Waals surface area contributed by atoms with Gasteiger partial charge in [-0.15, -0.1) is 5.10 Å². The second-order valence-electron chi connectivity index (χ2n) is 7.51. The van der Waals surface area contributed by atoms with Crippen molar-refractivity contribution in [2.24, 2.45) is 0 Å². The quantitative estimate of drug-likeness (QED) is 0.896. The lowest BCUT2D eigenvalue weighted by atomic mass is 10.0. The highest BCUT2D eigenvalue weighted by atomic mass is 16.2. The van der Waals surface area contributed by atoms with Gasteiger partial charge in [0.15, 0.2) is 5.69 Å². The van der Waals surface area contributed by atoms with Gasteiger partial charge in [0.2, 0.25) is 0 Å². The van der Waals surface area contributed by atoms with E-state index in [1.54, 1.807) is 4.90 Å². The van der Waals surface area contributed by atoms with Crippen LogP contribution in [0.15, 0.2) is 24.3 Å². The van der Waals surface area contributed by atoms with Gasteiger partial charge in [0.25, 0.3) is 5.91 Å². The first-order chi connectivity index (χ1) is 12.5. The van der Waals surface area contributed by atoms with Crippen molar-refractivity contribution < 1.29 is 4.79 Å². The van der Waals surface area contributed by atoms with Gasteiger partial charge in [-0.3, -0.25) is 4.79 Å². The summed E-state index contributed by atoms with van der Waals surface area (Å²) < 4.78 is 1.93. The van der Waals surface area contributed by atoms with E-state index in [2.05, 4.69) is 53.7 Å². The molecule has 1 fully saturated rings. The number of piperidine rings is 1. The Bertz CT molecular complexity index is 744. The van der Waals surface area contributed by atoms with Crippen LogP contribution in [-0.4, -0.2) is 45.9 Å². The van der Waals surface area contributed by atoms with Crippen LogP contribution in [0.5, 0.6) is 0 Å². The summed E-state index contributed by atoms with van der Waals surface area (Å²) in [5, 5.41) is 11.8. The standard InChI is InChI=1S/C20H29N5O/c1-14(2)17-7-5-16(6-8-17)13-24(4)20(26)19-15(3)25(23-22-19)18-9-11-21-12-10-18/h5-8,14,18,21H,9-13H2,1-4H3. The molecule has 1 aromatic heterocycles. The first kappa shape index (κ1) is 18.6. The second-order valence-corrected chi connectivity index (χ2v) is 7.51. The third-order valence-electron chi connectivity index (χ3n) is 5.20. The van der Waals surface area contributed by atoms with Gasteiger partial charge in [-0.25, -0.2) is 4.68 Å². The van der Waals surface area contributed by atoms with Crippen molar-refractivity contribution >= 4 is 5.91 Å². The Labute approximate surface area is 155 Å². The maximum atomic E-state index is 12.8. The highest BCUT2D eigenvalue weighted by Gasteiger charge is 2.24. The molecule has 2 aromatic rings. The van der Waals surface area contributed by atoms with Crippen molar-refractivity contribution in [1.29, 1.82) is 0 Å². The first-order valence-electron chi connectivity index (χ1n) is 9.44. The molecule has 1 aliphatic rings. The molecule has 1 aliphatic heterocycles. The van der Waals surface area contributed by atoms with Gasteiger partial charge < -0.3 is 10.2 Å². The van der Waals surface area contributed by atoms with Crippen molar-refractivity contribution in [1.82, 2.24) is 25.2 Å². The van der Waals surface area contributed by atoms with Crippen LogP contribution in [0.3, 0.4) is 0 Å². The number of nitrogens with zero attached hydrogens (tertiary/aromatic N) is 4. The van der Waals surface area contributed by atoms with E-state index in [9.17, 15) is 4.79 Å². The highest BCUT2D eigenvalue weighted by Crippen LogP contribution is 2.21. The van der Waals surface area contributed by atoms with E-state index >= 15 is 0 Å². The van der Waals surface area contributed by atoms with Crippen LogP contribution in [-0.2, 0) is 6.54 Å². The van der Waals surface area contributed by atoms with E-state index in [1.807, 2.05) is 18.7 Å². The predicted molar refractivity (Wildman–Crippen MR) is 102 cm³/mol. The maximum Gasteiger partial charge on any atom is 0.276 e. The number of hydrogen-bond donors (Lipinski definition) is 1. The Morgan fingerprint density at radius 1 is 1.27 bits per heavy atom. The fourth-order valence-corrected chi connectivity index (χ4v) is 3.47. The van der Waals surface area contributed by atoms with E-state index < -0.39 is 0 Å². The van der Waals surface area contributed by atoms with Crippen LogP contribution >= 0.6 is 0 Å². The number of carbonyl (C=O) groups excluding carboxylic acids is 1. The molecule has 26 heavy (non-hydrogen) atoms. The molecule has 0 aliphatic carbocycles. The molecule has 0 atom stereocenters. The van der Waals surface area contributed by atoms with Crippen LogP contribution in [0.1, 0.15) is 66.0 Å². The zero-order chi connectivity index (χ0) is 18.7. The van der Waals surface area contributed by atoms with Gasteiger partial charge in [0, 0.05) is 13.6 Å². The van der Waals surface area contributed by atoms with E-state index in [1.165, 1.54) is 5.56 Å². The van der Waals surface area contributed by atoms with Gasteiger partial charge in [0.1, 0.15) is 0 Å². The number of amides is 1. The molecule has 0 saturated carbocycles. The number of hydrogen-bond acceptors (Lipinski definition) is 4. The first-order valence-corrected chi connectivity index (χ1v) is 9.44. The molecule has 1 saturated heterocycles. The Balaban J connectivity index is 1.69. The summed E-state index contributed by atoms with van der Waals surface area (Å²) in [6, 6.07) is 8.79. The van der Waals surface area contributed by atoms with Gasteiger partial charge >= 0.3 is 0 Å². The molecule has 6 heteroatoms. The van der Waals surface area contributed by atoms with Crippen LogP contribution in [0.4, 0.5) is 0 Å². The minimum absolute atomic E-state index is 0.0735. The lowest BCUT2D eigenvalue weighted by Gasteiger charge is -2.23. The Morgan fingerprint density at radius 2 is 1.92 bits per heavy atom. The van der Waals surface area contributed by atoms with E-state index in [4.69, 9.17) is 0 Å². The normalized spacial score (nSPS) is 15.4. The summed E-state index contributed by atoms with van der Waals surface area (Å²) in [5.41, 5.74) is 3.76. The van der Waals surface area contributed by atoms with E-state index in [0.717, 1.165) is 37.2 Å². The second kappa shape index (κ2) is 7.99. The summed E-state index contributed by atoms with van der Waals surface area (Å²) in [7, 11) is 1.82. The van der Waals surface area contributed by atoms with Crippen molar-refractivity contribution in [2.75, 3.05) is 20.1 Å². The van der Waals surface area contributed by atoms with E-state index in [-0.39, 0.29) is 5.91 Å². The summed E-state index contributed by atoms with van der Waals surface area (Å²) in [4.78, 5) is 14.6. The summed E-state index contributed by atoms with van der Waals surface area (Å²) in [5.74, 6) is 0.437. The van der Waals surface area contributed by atoms with Crippen LogP contribution in [0.25, 0.3) is 0 Å². The fourth-order valence-electron chi connectivity index (χ4n) is 3.47. The summed E-state index contributed by atoms with van der Waals surface area (Å²) in [6.45, 7) is 8.84. The van der Waals surface area contributed by atoms with E-state index in [0.29, 0.717) is 24.2 Å². The van der Waals surface area contributed by atoms with Crippen molar-refractivity contribution in [3.05, 3.63) is 46.8 Å². The van der Waals surface area contributed by atoms with Crippen molar-refractivity contribution in [3.8, 4) is 0 Å². The minimum atomic E-state index is -0.0735. The van der Waals surface area contributed by atoms with Gasteiger partial charge in [0.05, 0.1) is 11.7 Å². The van der Waals surface area contributed by atoms with Crippen LogP contribution in [0.2, 0.25) is 0 Å². The molecule has 6 nitrogen and oxygen atoms in total. The molecule has 0 radical (unpaired) electrons. The number of carbonyl (C=O) groups is 1. The lowest BCUT2D eigenvalue weighted by molar-refractivity contribution is 0.0778. The molecule has 0 unspecified atom stereocenters. The maximum absolute atomic E-state index is 12.8. The molecule has 1 N–H and O–H groups in total. The third kappa shape index (κ3) is 3.96. The zero-order valence-electron chi connectivity index (χ0n) is 16.2. The summed E-state index contributed by atoms with van der Waals surface area (Å²) >= 11 is 0. The molecule has 2 heterocycles. The number of benzene rings is 1. The third-order valence-corrected chi connectivity index (χ3v) is 5.20. The molecule has 1 aromatic carbocycles. The molecule has 140 valence electrons. The minimum Gasteiger partial charge on any atom is -0.336 e. The molecule has 0 spiro atoms. The predicted octanol–water partition coefficient (Wildman–Crippen LogP) is 2.91. The average molecular weight is 355 g/mol. The molecule has 1 amide bonds. The zero-order valence-corrected chi connectivity index (χ0v) is 16.2. The summed E-state index contributed by atoms with van der Waals surface area (Å²) in [6.07, 6.45) is 2.05. The number of rotatable bonds is 5. The van der Waals surface area contributed by atoms with Gasteiger partial charge in [-0.1, -0.05) is 43.3 Å². The molecule has 0 bridgehead atoms. The largest absolute Gasteiger partial charge is 0.336 e. The van der Waals surface area contributed by atoms with Crippen molar-refractivity contribution in [3.63, 3.8) is 0 Å². The Hall–Kier alpha value is -2.21. The smallest absolute Gasteiger partial charge is 0.276 e. The Morgan fingerprint density at radius 3 is 2.54 bits per heavy atom. The number of aromatic nitrogens is 3. The lowest BCUT2D eigenvalue weighted by Crippen LogP contribution is -2.30. The molecule has 3 rings (SSSR count). The molecular formula is C20H29N5O. The highest BCUT2D eigenvalue weighted by molar-refractivity contribution is 5.93. The van der Waals surface area contributed by atoms with Gasteiger partial charge in [-0.2, -0.15) is 0 Å². The average Bonchev–Trinajstić information content (AvgIpc) is 3.03. The van der Waals surface area contributed by atoms with Crippen LogP contribution in [0, 0.1) is 6.92 Å². The fraction of sp³-hybridized carbons (Fsp3) is 0.550. The number of nitrogens with one attached hydrogen (secondary N) is 1. The molecular weight excluding hydrogens is 326 g/mol. The SMILES string of the molecule is Cc1c(C(=O)N(C)Cc2ccc(C(C)C)cc2)nnn1C1CCNCC1.